The molecule has 0 heterocycles. The zero-order valence-corrected chi connectivity index (χ0v) is 16.8. The van der Waals surface area contributed by atoms with E-state index in [1.807, 2.05) is 0 Å². The number of carbonyl (C=O) groups excluding carboxylic acids is 2. The van der Waals surface area contributed by atoms with Crippen molar-refractivity contribution in [1.29, 1.82) is 0 Å². The lowest BCUT2D eigenvalue weighted by atomic mass is 10.1. The van der Waals surface area contributed by atoms with Crippen LogP contribution in [0.15, 0.2) is 24.3 Å². The Kier molecular flexibility index (Phi) is 8.48. The lowest BCUT2D eigenvalue weighted by molar-refractivity contribution is -0.927. The summed E-state index contributed by atoms with van der Waals surface area (Å²) in [6.07, 6.45) is -1.90. The van der Waals surface area contributed by atoms with Crippen LogP contribution in [0.5, 0.6) is 0 Å². The first kappa shape index (κ1) is 24.0. The third-order valence-electron chi connectivity index (χ3n) is 3.97. The molecule has 2 amide bonds. The number of hydrogen-bond donors (Lipinski definition) is 6. The Labute approximate surface area is 164 Å². The fraction of sp³-hybridized carbons (Fsp3) is 0.556. The second-order valence-corrected chi connectivity index (χ2v) is 7.87. The molecule has 28 heavy (non-hydrogen) atoms. The minimum absolute atomic E-state index is 0.0261. The zero-order chi connectivity index (χ0) is 21.5. The number of benzene rings is 1. The van der Waals surface area contributed by atoms with Crippen LogP contribution in [0, 0.1) is 0 Å². The van der Waals surface area contributed by atoms with Crippen LogP contribution in [0.2, 0.25) is 0 Å². The third-order valence-corrected chi connectivity index (χ3v) is 3.97. The van der Waals surface area contributed by atoms with Gasteiger partial charge in [-0.2, -0.15) is 10.9 Å². The number of amides is 2. The number of carbonyl (C=O) groups is 2. The molecule has 1 aromatic rings. The highest BCUT2D eigenvalue weighted by atomic mass is 16.3. The van der Waals surface area contributed by atoms with Crippen LogP contribution in [0.4, 0.5) is 0 Å². The minimum Gasteiger partial charge on any atom is -0.393 e. The average molecular weight is 400 g/mol. The summed E-state index contributed by atoms with van der Waals surface area (Å²) in [5.41, 5.74) is 6.13. The second-order valence-electron chi connectivity index (χ2n) is 7.87. The maximum Gasteiger partial charge on any atom is 0.295 e. The summed E-state index contributed by atoms with van der Waals surface area (Å²) < 4.78 is -0.0523. The van der Waals surface area contributed by atoms with Crippen molar-refractivity contribution in [3.8, 4) is 0 Å². The van der Waals surface area contributed by atoms with E-state index < -0.39 is 25.4 Å². The minimum atomic E-state index is -0.952. The molecule has 0 fully saturated rings. The molecule has 0 bridgehead atoms. The predicted molar refractivity (Wildman–Crippen MR) is 102 cm³/mol. The van der Waals surface area contributed by atoms with Gasteiger partial charge in [0.25, 0.3) is 11.8 Å². The number of likely N-dealkylation sites (N-methyl/N-ethyl adjacent to an activating group) is 2. The first-order valence-electron chi connectivity index (χ1n) is 8.88. The van der Waals surface area contributed by atoms with Gasteiger partial charge in [-0.3, -0.25) is 9.59 Å². The van der Waals surface area contributed by atoms with Crippen LogP contribution in [0.25, 0.3) is 0 Å². The molecule has 2 atom stereocenters. The molecule has 0 unspecified atom stereocenters. The van der Waals surface area contributed by atoms with Gasteiger partial charge in [0, 0.05) is 11.1 Å². The molecule has 0 aliphatic carbocycles. The first-order chi connectivity index (χ1) is 12.9. The number of aliphatic hydroxyl groups is 4. The number of rotatable bonds is 10. The van der Waals surface area contributed by atoms with Gasteiger partial charge in [0.1, 0.15) is 25.3 Å². The fourth-order valence-corrected chi connectivity index (χ4v) is 2.71. The third kappa shape index (κ3) is 7.89. The van der Waals surface area contributed by atoms with E-state index >= 15 is 0 Å². The van der Waals surface area contributed by atoms with Gasteiger partial charge in [0.15, 0.2) is 0 Å². The Bertz CT molecular complexity index is 606. The Morgan fingerprint density at radius 2 is 1.07 bits per heavy atom. The molecule has 0 saturated heterocycles. The highest BCUT2D eigenvalue weighted by Crippen LogP contribution is 2.07. The molecule has 0 aliphatic rings. The molecule has 10 heteroatoms. The number of quaternary nitrogens is 2. The maximum absolute atomic E-state index is 12.4. The van der Waals surface area contributed by atoms with Crippen LogP contribution >= 0.6 is 0 Å². The van der Waals surface area contributed by atoms with Crippen molar-refractivity contribution < 1.29 is 39.2 Å². The predicted octanol–water partition coefficient (Wildman–Crippen LogP) is -2.16. The molecule has 0 aromatic heterocycles. The molecule has 0 aliphatic heterocycles. The van der Waals surface area contributed by atoms with Crippen LogP contribution in [-0.2, 0) is 0 Å². The molecule has 10 nitrogen and oxygen atoms in total. The molecule has 0 saturated carbocycles. The van der Waals surface area contributed by atoms with Crippen molar-refractivity contribution in [3.63, 3.8) is 0 Å². The topological polar surface area (TPSA) is 139 Å². The molecular weight excluding hydrogens is 368 g/mol. The lowest BCUT2D eigenvalue weighted by Crippen LogP contribution is -2.58. The second kappa shape index (κ2) is 9.92. The van der Waals surface area contributed by atoms with Crippen molar-refractivity contribution in [3.05, 3.63) is 35.4 Å². The van der Waals surface area contributed by atoms with Gasteiger partial charge in [-0.25, -0.2) is 9.18 Å². The number of nitrogens with zero attached hydrogens (tertiary/aromatic N) is 2. The van der Waals surface area contributed by atoms with E-state index in [1.165, 1.54) is 24.3 Å². The highest BCUT2D eigenvalue weighted by molar-refractivity contribution is 5.97. The molecule has 0 spiro atoms. The van der Waals surface area contributed by atoms with E-state index in [9.17, 15) is 19.8 Å². The van der Waals surface area contributed by atoms with Crippen molar-refractivity contribution >= 4 is 11.8 Å². The Hall–Kier alpha value is -2.08. The zero-order valence-electron chi connectivity index (χ0n) is 16.8. The van der Waals surface area contributed by atoms with Crippen molar-refractivity contribution in [2.45, 2.75) is 12.2 Å². The van der Waals surface area contributed by atoms with Crippen LogP contribution < -0.4 is 10.9 Å². The van der Waals surface area contributed by atoms with E-state index in [-0.39, 0.29) is 34.1 Å². The number of aliphatic hydroxyl groups excluding tert-OH is 4. The maximum atomic E-state index is 12.4. The molecule has 6 N–H and O–H groups in total. The summed E-state index contributed by atoms with van der Waals surface area (Å²) in [7, 11) is 6.72. The monoisotopic (exact) mass is 400 g/mol. The molecular formula is C18H32N4O6+2. The first-order valence-corrected chi connectivity index (χ1v) is 8.88. The standard InChI is InChI=1S/C18H30N4O6/c1-21(2,9-15(25)11-23)19-17(27)13-5-7-14(8-6-13)18(28)20-22(3,4)10-16(26)12-24/h5-8,15-16,23-26H,9-12H2,1-4H3/p+2/t15-,16-/m0/s1. The van der Waals surface area contributed by atoms with Crippen LogP contribution in [-0.4, -0.2) is 108 Å². The highest BCUT2D eigenvalue weighted by Gasteiger charge is 2.25. The van der Waals surface area contributed by atoms with E-state index in [0.29, 0.717) is 11.1 Å². The van der Waals surface area contributed by atoms with Gasteiger partial charge in [0.05, 0.1) is 41.4 Å². The summed E-state index contributed by atoms with van der Waals surface area (Å²) in [6, 6.07) is 6.04. The van der Waals surface area contributed by atoms with Crippen molar-refractivity contribution in [2.24, 2.45) is 0 Å². The smallest absolute Gasteiger partial charge is 0.295 e. The Balaban J connectivity index is 2.74. The normalized spacial score (nSPS) is 14.3. The van der Waals surface area contributed by atoms with Gasteiger partial charge in [-0.1, -0.05) is 0 Å². The van der Waals surface area contributed by atoms with Gasteiger partial charge >= 0.3 is 0 Å². The van der Waals surface area contributed by atoms with Crippen LogP contribution in [0.3, 0.4) is 0 Å². The summed E-state index contributed by atoms with van der Waals surface area (Å²) in [5, 5.41) is 37.0. The number of hydrogen-bond acceptors (Lipinski definition) is 6. The molecule has 1 rings (SSSR count). The summed E-state index contributed by atoms with van der Waals surface area (Å²) in [5.74, 6) is -0.770. The van der Waals surface area contributed by atoms with E-state index in [1.54, 1.807) is 28.2 Å². The Morgan fingerprint density at radius 3 is 1.32 bits per heavy atom. The largest absolute Gasteiger partial charge is 0.393 e. The van der Waals surface area contributed by atoms with Gasteiger partial charge in [-0.15, -0.1) is 0 Å². The number of nitrogens with one attached hydrogen (secondary N) is 2. The van der Waals surface area contributed by atoms with E-state index in [4.69, 9.17) is 10.2 Å². The summed E-state index contributed by atoms with van der Waals surface area (Å²) in [4.78, 5) is 24.7. The summed E-state index contributed by atoms with van der Waals surface area (Å²) >= 11 is 0. The van der Waals surface area contributed by atoms with Gasteiger partial charge < -0.3 is 20.4 Å². The summed E-state index contributed by atoms with van der Waals surface area (Å²) in [6.45, 7) is -0.526. The molecule has 1 aromatic carbocycles. The SMILES string of the molecule is C[N+](C)(C[C@H](O)CO)NC(=O)c1ccc(C(=O)N[N+](C)(C)C[C@H](O)CO)cc1. The molecule has 158 valence electrons. The molecule has 0 radical (unpaired) electrons. The quantitative estimate of drug-likeness (QED) is 0.195. The van der Waals surface area contributed by atoms with Crippen molar-refractivity contribution in [1.82, 2.24) is 10.9 Å². The average Bonchev–Trinajstić information content (AvgIpc) is 2.59. The van der Waals surface area contributed by atoms with E-state index in [2.05, 4.69) is 10.9 Å². The van der Waals surface area contributed by atoms with E-state index in [0.717, 1.165) is 0 Å². The van der Waals surface area contributed by atoms with Gasteiger partial charge in [-0.05, 0) is 24.3 Å². The lowest BCUT2D eigenvalue weighted by Gasteiger charge is -2.31. The van der Waals surface area contributed by atoms with Crippen molar-refractivity contribution in [2.75, 3.05) is 54.5 Å². The Morgan fingerprint density at radius 1 is 0.786 bits per heavy atom. The van der Waals surface area contributed by atoms with Crippen LogP contribution in [0.1, 0.15) is 20.7 Å². The van der Waals surface area contributed by atoms with Gasteiger partial charge in [0.2, 0.25) is 0 Å². The fourth-order valence-electron chi connectivity index (χ4n) is 2.71.